The van der Waals surface area contributed by atoms with Crippen molar-refractivity contribution in [1.82, 2.24) is 4.90 Å². The molecule has 146 valence electrons. The summed E-state index contributed by atoms with van der Waals surface area (Å²) in [4.78, 5) is 6.95. The van der Waals surface area contributed by atoms with Crippen molar-refractivity contribution >= 4 is 11.5 Å². The van der Waals surface area contributed by atoms with Crippen LogP contribution in [0.1, 0.15) is 64.0 Å². The molecule has 1 aliphatic carbocycles. The van der Waals surface area contributed by atoms with Gasteiger partial charge in [-0.2, -0.15) is 0 Å². The summed E-state index contributed by atoms with van der Waals surface area (Å²) in [7, 11) is 3.62. The molecule has 3 rings (SSSR count). The van der Waals surface area contributed by atoms with Gasteiger partial charge in [-0.3, -0.25) is 9.89 Å². The minimum absolute atomic E-state index is 0.0791. The lowest BCUT2D eigenvalue weighted by molar-refractivity contribution is 0.256. The number of hydrogen-bond acceptors (Lipinski definition) is 3. The minimum Gasteiger partial charge on any atom is -0.495 e. The average molecular weight is 368 g/mol. The Kier molecular flexibility index (Phi) is 6.11. The van der Waals surface area contributed by atoms with E-state index in [1.807, 2.05) is 7.05 Å². The minimum atomic E-state index is 0.0791. The maximum Gasteiger partial charge on any atom is 0.134 e. The van der Waals surface area contributed by atoms with Crippen molar-refractivity contribution in [1.29, 1.82) is 0 Å². The summed E-state index contributed by atoms with van der Waals surface area (Å²) in [5, 5.41) is 3.53. The first-order valence-electron chi connectivity index (χ1n) is 10.3. The maximum atomic E-state index is 5.70. The highest BCUT2D eigenvalue weighted by Crippen LogP contribution is 2.52. The first kappa shape index (κ1) is 19.8. The number of fused-ring (bicyclic) bond motifs is 2. The first-order valence-corrected chi connectivity index (χ1v) is 10.3. The Morgan fingerprint density at radius 3 is 2.67 bits per heavy atom. The Balaban J connectivity index is 1.89. The van der Waals surface area contributed by atoms with Crippen LogP contribution in [-0.4, -0.2) is 44.0 Å². The quantitative estimate of drug-likeness (QED) is 0.756. The van der Waals surface area contributed by atoms with Gasteiger partial charge in [-0.05, 0) is 57.0 Å². The summed E-state index contributed by atoms with van der Waals surface area (Å²) >= 11 is 0. The molecular formula is C23H33N3O. The van der Waals surface area contributed by atoms with Crippen LogP contribution in [-0.2, 0) is 5.41 Å². The number of benzene rings is 1. The summed E-state index contributed by atoms with van der Waals surface area (Å²) in [5.41, 5.74) is 3.50. The van der Waals surface area contributed by atoms with Crippen LogP contribution in [0.2, 0.25) is 0 Å². The van der Waals surface area contributed by atoms with Gasteiger partial charge in [0, 0.05) is 12.7 Å². The van der Waals surface area contributed by atoms with E-state index in [2.05, 4.69) is 60.0 Å². The van der Waals surface area contributed by atoms with E-state index in [1.165, 1.54) is 24.8 Å². The summed E-state index contributed by atoms with van der Waals surface area (Å²) in [6.07, 6.45) is 6.00. The van der Waals surface area contributed by atoms with E-state index in [9.17, 15) is 0 Å². The molecule has 1 heterocycles. The normalized spacial score (nSPS) is 19.3. The molecule has 0 radical (unpaired) electrons. The molecule has 1 unspecified atom stereocenters. The SMILES string of the molecule is CCCCN(CC)C(C)C#Cc1cc2c(cc1OC)C1(CCC1)C(=NC)N2. The Bertz CT molecular complexity index is 768. The zero-order chi connectivity index (χ0) is 19.4. The van der Waals surface area contributed by atoms with Gasteiger partial charge in [0.25, 0.3) is 0 Å². The highest BCUT2D eigenvalue weighted by molar-refractivity contribution is 6.10. The predicted molar refractivity (Wildman–Crippen MR) is 114 cm³/mol. The summed E-state index contributed by atoms with van der Waals surface area (Å²) in [6.45, 7) is 8.75. The third kappa shape index (κ3) is 3.58. The number of nitrogens with zero attached hydrogens (tertiary/aromatic N) is 2. The first-order chi connectivity index (χ1) is 13.1. The summed E-state index contributed by atoms with van der Waals surface area (Å²) < 4.78 is 5.70. The lowest BCUT2D eigenvalue weighted by Crippen LogP contribution is -2.41. The van der Waals surface area contributed by atoms with Gasteiger partial charge in [0.05, 0.1) is 24.1 Å². The Labute approximate surface area is 164 Å². The smallest absolute Gasteiger partial charge is 0.134 e. The second-order valence-electron chi connectivity index (χ2n) is 7.66. The molecule has 1 aromatic rings. The molecule has 1 N–H and O–H groups in total. The highest BCUT2D eigenvalue weighted by atomic mass is 16.5. The van der Waals surface area contributed by atoms with Crippen LogP contribution in [0.3, 0.4) is 0 Å². The molecule has 4 heteroatoms. The van der Waals surface area contributed by atoms with E-state index >= 15 is 0 Å². The molecule has 1 atom stereocenters. The van der Waals surface area contributed by atoms with Gasteiger partial charge < -0.3 is 10.1 Å². The molecule has 1 spiro atoms. The lowest BCUT2D eigenvalue weighted by Gasteiger charge is -2.38. The van der Waals surface area contributed by atoms with Crippen LogP contribution in [0.15, 0.2) is 17.1 Å². The number of amidine groups is 1. The number of hydrogen-bond donors (Lipinski definition) is 1. The molecule has 1 aromatic carbocycles. The third-order valence-corrected chi connectivity index (χ3v) is 6.16. The van der Waals surface area contributed by atoms with Gasteiger partial charge in [-0.25, -0.2) is 0 Å². The summed E-state index contributed by atoms with van der Waals surface area (Å²) in [6, 6.07) is 4.57. The molecule has 2 aliphatic rings. The predicted octanol–water partition coefficient (Wildman–Crippen LogP) is 4.43. The topological polar surface area (TPSA) is 36.9 Å². The van der Waals surface area contributed by atoms with Crippen molar-refractivity contribution in [2.24, 2.45) is 4.99 Å². The maximum absolute atomic E-state index is 5.70. The molecule has 27 heavy (non-hydrogen) atoms. The van der Waals surface area contributed by atoms with Crippen molar-refractivity contribution in [2.45, 2.75) is 64.3 Å². The average Bonchev–Trinajstić information content (AvgIpc) is 2.99. The van der Waals surface area contributed by atoms with Gasteiger partial charge >= 0.3 is 0 Å². The van der Waals surface area contributed by atoms with E-state index in [0.717, 1.165) is 48.8 Å². The van der Waals surface area contributed by atoms with E-state index < -0.39 is 0 Å². The number of rotatable bonds is 6. The molecule has 0 aromatic heterocycles. The zero-order valence-electron chi connectivity index (χ0n) is 17.5. The van der Waals surface area contributed by atoms with E-state index in [-0.39, 0.29) is 11.5 Å². The van der Waals surface area contributed by atoms with Crippen molar-refractivity contribution in [2.75, 3.05) is 32.6 Å². The number of nitrogens with one attached hydrogen (secondary N) is 1. The van der Waals surface area contributed by atoms with E-state index in [0.29, 0.717) is 0 Å². The highest BCUT2D eigenvalue weighted by Gasteiger charge is 2.49. The Morgan fingerprint density at radius 2 is 2.11 bits per heavy atom. The van der Waals surface area contributed by atoms with Crippen LogP contribution in [0.25, 0.3) is 0 Å². The van der Waals surface area contributed by atoms with Gasteiger partial charge in [0.2, 0.25) is 0 Å². The number of methoxy groups -OCH3 is 1. The molecule has 1 saturated carbocycles. The van der Waals surface area contributed by atoms with Crippen molar-refractivity contribution in [3.63, 3.8) is 0 Å². The molecule has 0 bridgehead atoms. The molecule has 0 saturated heterocycles. The molecule has 0 amide bonds. The number of aliphatic imine (C=N–C) groups is 1. The second-order valence-corrected chi connectivity index (χ2v) is 7.66. The van der Waals surface area contributed by atoms with E-state index in [1.54, 1.807) is 7.11 Å². The van der Waals surface area contributed by atoms with Gasteiger partial charge in [0.1, 0.15) is 11.6 Å². The standard InChI is InChI=1S/C23H33N3O/c1-6-8-14-26(7-2)17(3)10-11-18-15-20-19(16-21(18)27-5)23(12-9-13-23)22(24-4)25-20/h15-17H,6-9,12-14H2,1-5H3,(H,24,25). The number of unbranched alkanes of at least 4 members (excludes halogenated alkanes) is 1. The summed E-state index contributed by atoms with van der Waals surface area (Å²) in [5.74, 6) is 8.79. The fourth-order valence-corrected chi connectivity index (χ4v) is 4.29. The largest absolute Gasteiger partial charge is 0.495 e. The molecule has 1 fully saturated rings. The number of anilines is 1. The molecule has 4 nitrogen and oxygen atoms in total. The van der Waals surface area contributed by atoms with Crippen LogP contribution >= 0.6 is 0 Å². The van der Waals surface area contributed by atoms with Crippen molar-refractivity contribution < 1.29 is 4.74 Å². The van der Waals surface area contributed by atoms with Crippen LogP contribution in [0, 0.1) is 11.8 Å². The van der Waals surface area contributed by atoms with Crippen molar-refractivity contribution in [3.8, 4) is 17.6 Å². The van der Waals surface area contributed by atoms with Crippen LogP contribution < -0.4 is 10.1 Å². The zero-order valence-corrected chi connectivity index (χ0v) is 17.5. The van der Waals surface area contributed by atoms with Gasteiger partial charge in [-0.15, -0.1) is 0 Å². The van der Waals surface area contributed by atoms with Crippen LogP contribution in [0.4, 0.5) is 5.69 Å². The second kappa shape index (κ2) is 8.35. The molecular weight excluding hydrogens is 334 g/mol. The van der Waals surface area contributed by atoms with E-state index in [4.69, 9.17) is 4.74 Å². The number of ether oxygens (including phenoxy) is 1. The van der Waals surface area contributed by atoms with Crippen LogP contribution in [0.5, 0.6) is 5.75 Å². The van der Waals surface area contributed by atoms with Gasteiger partial charge in [0.15, 0.2) is 0 Å². The fourth-order valence-electron chi connectivity index (χ4n) is 4.29. The fraction of sp³-hybridized carbons (Fsp3) is 0.609. The lowest BCUT2D eigenvalue weighted by atomic mass is 9.65. The van der Waals surface area contributed by atoms with Crippen molar-refractivity contribution in [3.05, 3.63) is 23.3 Å². The Morgan fingerprint density at radius 1 is 1.33 bits per heavy atom. The monoisotopic (exact) mass is 367 g/mol. The Hall–Kier alpha value is -1.99. The third-order valence-electron chi connectivity index (χ3n) is 6.16. The van der Waals surface area contributed by atoms with Gasteiger partial charge in [-0.1, -0.05) is 38.5 Å². The molecule has 1 aliphatic heterocycles.